The minimum absolute atomic E-state index is 0.279. The van der Waals surface area contributed by atoms with Gasteiger partial charge in [0.2, 0.25) is 5.91 Å². The van der Waals surface area contributed by atoms with E-state index in [4.69, 9.17) is 4.74 Å². The van der Waals surface area contributed by atoms with Crippen LogP contribution in [-0.4, -0.2) is 13.0 Å². The van der Waals surface area contributed by atoms with E-state index in [0.717, 1.165) is 5.56 Å². The first-order valence-corrected chi connectivity index (χ1v) is 6.71. The molecule has 0 bridgehead atoms. The lowest BCUT2D eigenvalue weighted by Gasteiger charge is -2.11. The molecule has 1 N–H and O–H groups in total. The van der Waals surface area contributed by atoms with Crippen molar-refractivity contribution in [3.8, 4) is 11.8 Å². The summed E-state index contributed by atoms with van der Waals surface area (Å²) in [5.41, 5.74) is 1.29. The van der Waals surface area contributed by atoms with Crippen LogP contribution in [0.15, 0.2) is 48.5 Å². The number of hydrogen-bond donors (Lipinski definition) is 1. The van der Waals surface area contributed by atoms with E-state index in [1.807, 2.05) is 12.1 Å². The Labute approximate surface area is 128 Å². The number of nitriles is 1. The van der Waals surface area contributed by atoms with Crippen molar-refractivity contribution in [3.05, 3.63) is 59.9 Å². The summed E-state index contributed by atoms with van der Waals surface area (Å²) in [5, 5.41) is 11.8. The van der Waals surface area contributed by atoms with Crippen LogP contribution >= 0.6 is 0 Å². The van der Waals surface area contributed by atoms with Gasteiger partial charge in [-0.1, -0.05) is 12.1 Å². The minimum Gasteiger partial charge on any atom is -0.497 e. The maximum atomic E-state index is 12.8. The number of nitrogens with zero attached hydrogens (tertiary/aromatic N) is 1. The van der Waals surface area contributed by atoms with Crippen molar-refractivity contribution < 1.29 is 13.9 Å². The van der Waals surface area contributed by atoms with Gasteiger partial charge in [0.05, 0.1) is 13.2 Å². The highest BCUT2D eigenvalue weighted by atomic mass is 19.1. The standard InChI is InChI=1S/C17H15FN2O2/c1-22-16-4-2-3-12(10-16)9-13(11-19)17(21)20-15-7-5-14(18)6-8-15/h2-8,10,13H,9H2,1H3,(H,20,21)/t13-/m0/s1. The molecule has 0 fully saturated rings. The molecule has 2 rings (SSSR count). The van der Waals surface area contributed by atoms with Gasteiger partial charge in [-0.25, -0.2) is 4.39 Å². The van der Waals surface area contributed by atoms with Gasteiger partial charge in [-0.3, -0.25) is 4.79 Å². The quantitative estimate of drug-likeness (QED) is 0.922. The Morgan fingerprint density at radius 3 is 2.68 bits per heavy atom. The molecule has 0 radical (unpaired) electrons. The molecule has 1 amide bonds. The number of rotatable bonds is 5. The molecule has 0 aliphatic rings. The number of benzene rings is 2. The lowest BCUT2D eigenvalue weighted by Crippen LogP contribution is -2.23. The number of halogens is 1. The highest BCUT2D eigenvalue weighted by molar-refractivity contribution is 5.94. The molecule has 22 heavy (non-hydrogen) atoms. The fraction of sp³-hybridized carbons (Fsp3) is 0.176. The summed E-state index contributed by atoms with van der Waals surface area (Å²) >= 11 is 0. The van der Waals surface area contributed by atoms with Crippen molar-refractivity contribution in [2.24, 2.45) is 5.92 Å². The lowest BCUT2D eigenvalue weighted by molar-refractivity contribution is -0.118. The summed E-state index contributed by atoms with van der Waals surface area (Å²) in [6.07, 6.45) is 0.279. The number of ether oxygens (including phenoxy) is 1. The fourth-order valence-corrected chi connectivity index (χ4v) is 1.99. The van der Waals surface area contributed by atoms with E-state index in [9.17, 15) is 14.4 Å². The molecule has 0 saturated carbocycles. The second-order valence-electron chi connectivity index (χ2n) is 4.73. The molecule has 0 heterocycles. The first kappa shape index (κ1) is 15.5. The Hall–Kier alpha value is -2.87. The van der Waals surface area contributed by atoms with Crippen molar-refractivity contribution >= 4 is 11.6 Å². The van der Waals surface area contributed by atoms with Crippen molar-refractivity contribution in [1.29, 1.82) is 5.26 Å². The number of carbonyl (C=O) groups excluding carboxylic acids is 1. The number of hydrogen-bond acceptors (Lipinski definition) is 3. The van der Waals surface area contributed by atoms with Crippen molar-refractivity contribution in [2.75, 3.05) is 12.4 Å². The lowest BCUT2D eigenvalue weighted by atomic mass is 9.99. The third kappa shape index (κ3) is 4.06. The number of nitrogens with one attached hydrogen (secondary N) is 1. The molecule has 0 aromatic heterocycles. The maximum absolute atomic E-state index is 12.8. The molecule has 0 aliphatic heterocycles. The average Bonchev–Trinajstić information content (AvgIpc) is 2.54. The Kier molecular flexibility index (Phi) is 5.10. The molecule has 0 unspecified atom stereocenters. The van der Waals surface area contributed by atoms with Gasteiger partial charge >= 0.3 is 0 Å². The Morgan fingerprint density at radius 1 is 1.32 bits per heavy atom. The average molecular weight is 298 g/mol. The molecule has 0 saturated heterocycles. The summed E-state index contributed by atoms with van der Waals surface area (Å²) in [6.45, 7) is 0. The highest BCUT2D eigenvalue weighted by Crippen LogP contribution is 2.17. The predicted octanol–water partition coefficient (Wildman–Crippen LogP) is 3.16. The van der Waals surface area contributed by atoms with E-state index >= 15 is 0 Å². The topological polar surface area (TPSA) is 62.1 Å². The third-order valence-electron chi connectivity index (χ3n) is 3.16. The van der Waals surface area contributed by atoms with Gasteiger partial charge in [-0.2, -0.15) is 5.26 Å². The molecule has 0 spiro atoms. The highest BCUT2D eigenvalue weighted by Gasteiger charge is 2.18. The molecule has 2 aromatic carbocycles. The predicted molar refractivity (Wildman–Crippen MR) is 80.8 cm³/mol. The summed E-state index contributed by atoms with van der Waals surface area (Å²) in [5.74, 6) is -0.964. The number of amides is 1. The van der Waals surface area contributed by atoms with E-state index in [-0.39, 0.29) is 12.2 Å². The van der Waals surface area contributed by atoms with Crippen LogP contribution < -0.4 is 10.1 Å². The Morgan fingerprint density at radius 2 is 2.05 bits per heavy atom. The van der Waals surface area contributed by atoms with Gasteiger partial charge in [0.15, 0.2) is 0 Å². The number of carbonyl (C=O) groups is 1. The van der Waals surface area contributed by atoms with Crippen LogP contribution in [0.2, 0.25) is 0 Å². The van der Waals surface area contributed by atoms with Crippen LogP contribution in [0.25, 0.3) is 0 Å². The fourth-order valence-electron chi connectivity index (χ4n) is 1.99. The van der Waals surface area contributed by atoms with Crippen LogP contribution in [0.4, 0.5) is 10.1 Å². The summed E-state index contributed by atoms with van der Waals surface area (Å²) in [6, 6.07) is 14.6. The normalized spacial score (nSPS) is 11.3. The van der Waals surface area contributed by atoms with Gasteiger partial charge in [0, 0.05) is 5.69 Å². The first-order chi connectivity index (χ1) is 10.6. The van der Waals surface area contributed by atoms with E-state index in [1.54, 1.807) is 25.3 Å². The maximum Gasteiger partial charge on any atom is 0.242 e. The van der Waals surface area contributed by atoms with Crippen LogP contribution in [0.5, 0.6) is 5.75 Å². The first-order valence-electron chi connectivity index (χ1n) is 6.71. The Bertz CT molecular complexity index is 693. The zero-order chi connectivity index (χ0) is 15.9. The van der Waals surface area contributed by atoms with Gasteiger partial charge in [0.1, 0.15) is 17.5 Å². The van der Waals surface area contributed by atoms with E-state index in [0.29, 0.717) is 11.4 Å². The summed E-state index contributed by atoms with van der Waals surface area (Å²) in [4.78, 5) is 12.1. The van der Waals surface area contributed by atoms with Crippen molar-refractivity contribution in [1.82, 2.24) is 0 Å². The van der Waals surface area contributed by atoms with E-state index in [2.05, 4.69) is 5.32 Å². The minimum atomic E-state index is -0.836. The van der Waals surface area contributed by atoms with Crippen LogP contribution in [-0.2, 0) is 11.2 Å². The second kappa shape index (κ2) is 7.23. The molecule has 112 valence electrons. The van der Waals surface area contributed by atoms with E-state index in [1.165, 1.54) is 24.3 Å². The second-order valence-corrected chi connectivity index (χ2v) is 4.73. The Balaban J connectivity index is 2.05. The van der Waals surface area contributed by atoms with Crippen LogP contribution in [0.1, 0.15) is 5.56 Å². The van der Waals surface area contributed by atoms with E-state index < -0.39 is 11.8 Å². The monoisotopic (exact) mass is 298 g/mol. The van der Waals surface area contributed by atoms with Crippen LogP contribution in [0.3, 0.4) is 0 Å². The van der Waals surface area contributed by atoms with Gasteiger partial charge in [0.25, 0.3) is 0 Å². The number of anilines is 1. The third-order valence-corrected chi connectivity index (χ3v) is 3.16. The molecule has 2 aromatic rings. The SMILES string of the molecule is COc1cccc(C[C@@H](C#N)C(=O)Nc2ccc(F)cc2)c1. The molecule has 4 nitrogen and oxygen atoms in total. The number of methoxy groups -OCH3 is 1. The largest absolute Gasteiger partial charge is 0.497 e. The molecule has 0 aliphatic carbocycles. The van der Waals surface area contributed by atoms with Gasteiger partial charge in [-0.15, -0.1) is 0 Å². The summed E-state index contributed by atoms with van der Waals surface area (Å²) in [7, 11) is 1.56. The summed E-state index contributed by atoms with van der Waals surface area (Å²) < 4.78 is 17.9. The molecule has 1 atom stereocenters. The zero-order valence-electron chi connectivity index (χ0n) is 12.0. The van der Waals surface area contributed by atoms with Gasteiger partial charge in [-0.05, 0) is 48.4 Å². The van der Waals surface area contributed by atoms with Crippen molar-refractivity contribution in [3.63, 3.8) is 0 Å². The smallest absolute Gasteiger partial charge is 0.242 e. The van der Waals surface area contributed by atoms with Gasteiger partial charge < -0.3 is 10.1 Å². The van der Waals surface area contributed by atoms with Crippen molar-refractivity contribution in [2.45, 2.75) is 6.42 Å². The molecular weight excluding hydrogens is 283 g/mol. The zero-order valence-corrected chi connectivity index (χ0v) is 12.0. The van der Waals surface area contributed by atoms with Crippen LogP contribution in [0, 0.1) is 23.1 Å². The molecule has 5 heteroatoms. The molecular formula is C17H15FN2O2.